The van der Waals surface area contributed by atoms with Crippen molar-refractivity contribution in [2.24, 2.45) is 5.73 Å². The average Bonchev–Trinajstić information content (AvgIpc) is 2.41. The summed E-state index contributed by atoms with van der Waals surface area (Å²) in [6.45, 7) is 3.43. The molecule has 0 aliphatic heterocycles. The van der Waals surface area contributed by atoms with Crippen LogP contribution in [0.4, 0.5) is 11.4 Å². The largest absolute Gasteiger partial charge is 0.341 e. The summed E-state index contributed by atoms with van der Waals surface area (Å²) in [7, 11) is 0. The van der Waals surface area contributed by atoms with Gasteiger partial charge in [0.2, 0.25) is 0 Å². The first-order valence-corrected chi connectivity index (χ1v) is 6.45. The van der Waals surface area contributed by atoms with E-state index in [1.165, 1.54) is 0 Å². The van der Waals surface area contributed by atoms with Gasteiger partial charge in [-0.15, -0.1) is 0 Å². The van der Waals surface area contributed by atoms with E-state index < -0.39 is 0 Å². The number of nitrogens with two attached hydrogens (primary N) is 1. The number of halogens is 1. The molecule has 0 saturated heterocycles. The van der Waals surface area contributed by atoms with Gasteiger partial charge >= 0.3 is 0 Å². The van der Waals surface area contributed by atoms with Crippen LogP contribution in [0, 0.1) is 0 Å². The molecule has 0 bridgehead atoms. The van der Waals surface area contributed by atoms with Crippen molar-refractivity contribution in [3.63, 3.8) is 0 Å². The third-order valence-electron chi connectivity index (χ3n) is 2.97. The Labute approximate surface area is 113 Å². The third-order valence-corrected chi connectivity index (χ3v) is 3.33. The molecule has 18 heavy (non-hydrogen) atoms. The molecule has 3 heteroatoms. The van der Waals surface area contributed by atoms with Crippen molar-refractivity contribution in [3.8, 4) is 0 Å². The van der Waals surface area contributed by atoms with Gasteiger partial charge in [-0.1, -0.05) is 35.9 Å². The molecular formula is C15H17ClN2. The van der Waals surface area contributed by atoms with Crippen molar-refractivity contribution in [3.05, 3.63) is 59.1 Å². The molecule has 2 N–H and O–H groups in total. The number of para-hydroxylation sites is 1. The summed E-state index contributed by atoms with van der Waals surface area (Å²) in [4.78, 5) is 2.22. The van der Waals surface area contributed by atoms with Crippen LogP contribution >= 0.6 is 11.6 Å². The van der Waals surface area contributed by atoms with Gasteiger partial charge in [0, 0.05) is 35.1 Å². The van der Waals surface area contributed by atoms with Gasteiger partial charge in [0.25, 0.3) is 0 Å². The highest BCUT2D eigenvalue weighted by atomic mass is 35.5. The Balaban J connectivity index is 2.49. The molecule has 0 aliphatic rings. The van der Waals surface area contributed by atoms with Crippen LogP contribution in [0.1, 0.15) is 12.5 Å². The molecule has 2 aromatic carbocycles. The number of nitrogens with zero attached hydrogens (tertiary/aromatic N) is 1. The Kier molecular flexibility index (Phi) is 4.24. The van der Waals surface area contributed by atoms with Crippen LogP contribution in [0.3, 0.4) is 0 Å². The summed E-state index contributed by atoms with van der Waals surface area (Å²) in [5.74, 6) is 0. The highest BCUT2D eigenvalue weighted by molar-refractivity contribution is 6.31. The van der Waals surface area contributed by atoms with Crippen LogP contribution in [0.5, 0.6) is 0 Å². The lowest BCUT2D eigenvalue weighted by Crippen LogP contribution is -2.18. The van der Waals surface area contributed by atoms with E-state index in [2.05, 4.69) is 30.0 Å². The molecule has 2 rings (SSSR count). The number of anilines is 2. The summed E-state index contributed by atoms with van der Waals surface area (Å²) < 4.78 is 0. The van der Waals surface area contributed by atoms with E-state index in [1.54, 1.807) is 0 Å². The van der Waals surface area contributed by atoms with Crippen molar-refractivity contribution in [1.82, 2.24) is 0 Å². The first-order valence-electron chi connectivity index (χ1n) is 6.08. The summed E-state index contributed by atoms with van der Waals surface area (Å²) >= 11 is 6.21. The first-order chi connectivity index (χ1) is 8.77. The van der Waals surface area contributed by atoms with Gasteiger partial charge in [-0.3, -0.25) is 0 Å². The normalized spacial score (nSPS) is 10.4. The molecule has 0 saturated carbocycles. The number of hydrogen-bond acceptors (Lipinski definition) is 2. The highest BCUT2D eigenvalue weighted by Gasteiger charge is 2.12. The second-order valence-corrected chi connectivity index (χ2v) is 4.43. The molecule has 0 aromatic heterocycles. The zero-order valence-electron chi connectivity index (χ0n) is 10.4. The monoisotopic (exact) mass is 260 g/mol. The summed E-state index contributed by atoms with van der Waals surface area (Å²) in [5, 5.41) is 0.726. The van der Waals surface area contributed by atoms with Crippen molar-refractivity contribution in [2.75, 3.05) is 11.4 Å². The van der Waals surface area contributed by atoms with Crippen molar-refractivity contribution < 1.29 is 0 Å². The van der Waals surface area contributed by atoms with Crippen LogP contribution in [0.15, 0.2) is 48.5 Å². The summed E-state index contributed by atoms with van der Waals surface area (Å²) in [6.07, 6.45) is 0. The Hall–Kier alpha value is -1.51. The zero-order valence-corrected chi connectivity index (χ0v) is 11.2. The molecule has 2 aromatic rings. The molecule has 94 valence electrons. The fourth-order valence-corrected chi connectivity index (χ4v) is 2.35. The topological polar surface area (TPSA) is 29.3 Å². The van der Waals surface area contributed by atoms with Crippen LogP contribution in [0.2, 0.25) is 5.02 Å². The van der Waals surface area contributed by atoms with Gasteiger partial charge in [-0.2, -0.15) is 0 Å². The predicted molar refractivity (Wildman–Crippen MR) is 78.5 cm³/mol. The minimum absolute atomic E-state index is 0.443. The van der Waals surface area contributed by atoms with E-state index in [0.717, 1.165) is 28.5 Å². The molecule has 0 radical (unpaired) electrons. The zero-order chi connectivity index (χ0) is 13.0. The molecule has 0 fully saturated rings. The fraction of sp³-hybridized carbons (Fsp3) is 0.200. The molecule has 0 aliphatic carbocycles. The SMILES string of the molecule is CCN(c1ccccc1)c1cccc(Cl)c1CN. The van der Waals surface area contributed by atoms with E-state index >= 15 is 0 Å². The van der Waals surface area contributed by atoms with E-state index in [1.807, 2.05) is 30.3 Å². The maximum Gasteiger partial charge on any atom is 0.0471 e. The van der Waals surface area contributed by atoms with Crippen LogP contribution in [0.25, 0.3) is 0 Å². The molecule has 0 unspecified atom stereocenters. The second-order valence-electron chi connectivity index (χ2n) is 4.02. The van der Waals surface area contributed by atoms with Crippen LogP contribution in [-0.2, 0) is 6.54 Å². The lowest BCUT2D eigenvalue weighted by atomic mass is 10.1. The number of hydrogen-bond donors (Lipinski definition) is 1. The molecule has 0 amide bonds. The molecule has 2 nitrogen and oxygen atoms in total. The highest BCUT2D eigenvalue weighted by Crippen LogP contribution is 2.31. The predicted octanol–water partition coefficient (Wildman–Crippen LogP) is 3.96. The van der Waals surface area contributed by atoms with Gasteiger partial charge in [0.15, 0.2) is 0 Å². The van der Waals surface area contributed by atoms with Gasteiger partial charge < -0.3 is 10.6 Å². The second kappa shape index (κ2) is 5.89. The van der Waals surface area contributed by atoms with E-state index in [9.17, 15) is 0 Å². The van der Waals surface area contributed by atoms with Crippen molar-refractivity contribution in [1.29, 1.82) is 0 Å². The van der Waals surface area contributed by atoms with E-state index in [-0.39, 0.29) is 0 Å². The smallest absolute Gasteiger partial charge is 0.0471 e. The number of rotatable bonds is 4. The summed E-state index contributed by atoms with van der Waals surface area (Å²) in [6, 6.07) is 16.2. The fourth-order valence-electron chi connectivity index (χ4n) is 2.10. The molecule has 0 spiro atoms. The summed E-state index contributed by atoms with van der Waals surface area (Å²) in [5.41, 5.74) is 9.03. The van der Waals surface area contributed by atoms with Gasteiger partial charge in [0.05, 0.1) is 0 Å². The maximum atomic E-state index is 6.21. The quantitative estimate of drug-likeness (QED) is 0.902. The molecule has 0 heterocycles. The van der Waals surface area contributed by atoms with E-state index in [0.29, 0.717) is 6.54 Å². The van der Waals surface area contributed by atoms with Crippen molar-refractivity contribution in [2.45, 2.75) is 13.5 Å². The Morgan fingerprint density at radius 3 is 2.39 bits per heavy atom. The Bertz CT molecular complexity index is 511. The molecular weight excluding hydrogens is 244 g/mol. The minimum Gasteiger partial charge on any atom is -0.341 e. The lowest BCUT2D eigenvalue weighted by Gasteiger charge is -2.26. The van der Waals surface area contributed by atoms with Crippen molar-refractivity contribution >= 4 is 23.0 Å². The standard InChI is InChI=1S/C15H17ClN2/c1-2-18(12-7-4-3-5-8-12)15-10-6-9-14(16)13(15)11-17/h3-10H,2,11,17H2,1H3. The van der Waals surface area contributed by atoms with Gasteiger partial charge in [-0.05, 0) is 31.2 Å². The first kappa shape index (κ1) is 12.9. The van der Waals surface area contributed by atoms with Gasteiger partial charge in [-0.25, -0.2) is 0 Å². The number of benzene rings is 2. The maximum absolute atomic E-state index is 6.21. The van der Waals surface area contributed by atoms with E-state index in [4.69, 9.17) is 17.3 Å². The Morgan fingerprint density at radius 2 is 1.78 bits per heavy atom. The Morgan fingerprint density at radius 1 is 1.06 bits per heavy atom. The lowest BCUT2D eigenvalue weighted by molar-refractivity contribution is 0.984. The average molecular weight is 261 g/mol. The van der Waals surface area contributed by atoms with Crippen LogP contribution < -0.4 is 10.6 Å². The van der Waals surface area contributed by atoms with Gasteiger partial charge in [0.1, 0.15) is 0 Å². The van der Waals surface area contributed by atoms with Crippen LogP contribution in [-0.4, -0.2) is 6.54 Å². The molecule has 0 atom stereocenters. The third kappa shape index (κ3) is 2.50. The minimum atomic E-state index is 0.443.